The lowest BCUT2D eigenvalue weighted by Gasteiger charge is -2.33. The topological polar surface area (TPSA) is 105 Å². The molecule has 0 bridgehead atoms. The fraction of sp³-hybridized carbons (Fsp3) is 0.375. The van der Waals surface area contributed by atoms with Gasteiger partial charge in [0.25, 0.3) is 10.0 Å². The van der Waals surface area contributed by atoms with Crippen molar-refractivity contribution in [3.63, 3.8) is 0 Å². The van der Waals surface area contributed by atoms with Crippen molar-refractivity contribution in [3.05, 3.63) is 84.4 Å². The number of benzene rings is 3. The van der Waals surface area contributed by atoms with Gasteiger partial charge in [0.05, 0.1) is 24.8 Å². The molecule has 0 fully saturated rings. The molecule has 0 aliphatic rings. The summed E-state index contributed by atoms with van der Waals surface area (Å²) in [6, 6.07) is 21.5. The molecule has 0 aliphatic heterocycles. The molecular formula is C32H41N3O6S. The highest BCUT2D eigenvalue weighted by Crippen LogP contribution is 2.33. The van der Waals surface area contributed by atoms with Crippen LogP contribution in [0.5, 0.6) is 11.5 Å². The zero-order chi connectivity index (χ0) is 30.5. The molecule has 3 aromatic carbocycles. The molecule has 1 N–H and O–H groups in total. The fourth-order valence-electron chi connectivity index (χ4n) is 4.63. The van der Waals surface area contributed by atoms with Gasteiger partial charge < -0.3 is 19.7 Å². The summed E-state index contributed by atoms with van der Waals surface area (Å²) in [5.41, 5.74) is 1.22. The molecule has 0 radical (unpaired) electrons. The molecule has 0 heterocycles. The smallest absolute Gasteiger partial charge is 0.264 e. The Bertz CT molecular complexity index is 1400. The van der Waals surface area contributed by atoms with Crippen molar-refractivity contribution in [1.82, 2.24) is 10.2 Å². The van der Waals surface area contributed by atoms with Gasteiger partial charge >= 0.3 is 0 Å². The third-order valence-electron chi connectivity index (χ3n) is 6.98. The molecule has 1 atom stereocenters. The number of carbonyl (C=O) groups excluding carboxylic acids is 2. The van der Waals surface area contributed by atoms with Crippen LogP contribution < -0.4 is 19.1 Å². The summed E-state index contributed by atoms with van der Waals surface area (Å²) < 4.78 is 39.9. The Morgan fingerprint density at radius 3 is 2.17 bits per heavy atom. The first-order valence-electron chi connectivity index (χ1n) is 14.2. The lowest BCUT2D eigenvalue weighted by Crippen LogP contribution is -2.53. The van der Waals surface area contributed by atoms with Gasteiger partial charge in [0.1, 0.15) is 24.1 Å². The van der Waals surface area contributed by atoms with Crippen molar-refractivity contribution in [1.29, 1.82) is 0 Å². The van der Waals surface area contributed by atoms with Gasteiger partial charge in [-0.15, -0.1) is 0 Å². The van der Waals surface area contributed by atoms with E-state index in [1.165, 1.54) is 31.3 Å². The maximum atomic E-state index is 14.1. The molecule has 2 amide bonds. The number of hydrogen-bond donors (Lipinski definition) is 1. The summed E-state index contributed by atoms with van der Waals surface area (Å²) in [7, 11) is -1.29. The Morgan fingerprint density at radius 1 is 0.881 bits per heavy atom. The molecule has 0 saturated carbocycles. The highest BCUT2D eigenvalue weighted by atomic mass is 32.2. The Morgan fingerprint density at radius 2 is 1.55 bits per heavy atom. The second-order valence-corrected chi connectivity index (χ2v) is 11.6. The Balaban J connectivity index is 2.02. The Hall–Kier alpha value is -4.05. The van der Waals surface area contributed by atoms with E-state index in [4.69, 9.17) is 9.47 Å². The fourth-order valence-corrected chi connectivity index (χ4v) is 6.05. The van der Waals surface area contributed by atoms with Crippen molar-refractivity contribution in [2.24, 2.45) is 0 Å². The minimum absolute atomic E-state index is 0.0119. The van der Waals surface area contributed by atoms with E-state index in [0.29, 0.717) is 30.9 Å². The minimum atomic E-state index is -4.23. The lowest BCUT2D eigenvalue weighted by molar-refractivity contribution is -0.139. The van der Waals surface area contributed by atoms with Gasteiger partial charge in [-0.3, -0.25) is 13.9 Å². The molecule has 9 nitrogen and oxygen atoms in total. The number of methoxy groups -OCH3 is 2. The predicted molar refractivity (Wildman–Crippen MR) is 164 cm³/mol. The van der Waals surface area contributed by atoms with Gasteiger partial charge in [0, 0.05) is 13.1 Å². The van der Waals surface area contributed by atoms with E-state index in [1.807, 2.05) is 44.2 Å². The summed E-state index contributed by atoms with van der Waals surface area (Å²) in [6.07, 6.45) is 2.62. The van der Waals surface area contributed by atoms with Gasteiger partial charge in [-0.2, -0.15) is 0 Å². The third-order valence-corrected chi connectivity index (χ3v) is 8.75. The number of anilines is 1. The molecular weight excluding hydrogens is 554 g/mol. The number of hydrogen-bond acceptors (Lipinski definition) is 6. The quantitative estimate of drug-likeness (QED) is 0.242. The number of sulfonamides is 1. The molecule has 0 aliphatic carbocycles. The molecule has 3 rings (SSSR count). The van der Waals surface area contributed by atoms with Crippen molar-refractivity contribution in [3.8, 4) is 11.5 Å². The van der Waals surface area contributed by atoms with Gasteiger partial charge in [0.15, 0.2) is 0 Å². The number of nitrogens with one attached hydrogen (secondary N) is 1. The molecule has 0 spiro atoms. The Kier molecular flexibility index (Phi) is 12.2. The molecule has 42 heavy (non-hydrogen) atoms. The standard InChI is InChI=1S/C32H41N3O6S/c1-5-7-22-33-32(37)28(6-2)34(23-21-25-13-9-8-10-14-25)31(36)24-35(29-15-11-12-16-30(29)41-4)42(38,39)27-19-17-26(40-3)18-20-27/h8-20,28H,5-7,21-24H2,1-4H3,(H,33,37)/t28-/m0/s1. The SMILES string of the molecule is CCCCNC(=O)[C@H](CC)N(CCc1ccccc1)C(=O)CN(c1ccccc1OC)S(=O)(=O)c1ccc(OC)cc1. The monoisotopic (exact) mass is 595 g/mol. The van der Waals surface area contributed by atoms with Crippen LogP contribution in [-0.4, -0.2) is 65.0 Å². The van der Waals surface area contributed by atoms with Crippen LogP contribution >= 0.6 is 0 Å². The van der Waals surface area contributed by atoms with Gasteiger partial charge in [-0.1, -0.05) is 62.7 Å². The van der Waals surface area contributed by atoms with Crippen LogP contribution in [0, 0.1) is 0 Å². The molecule has 0 unspecified atom stereocenters. The normalized spacial score (nSPS) is 11.8. The third kappa shape index (κ3) is 8.25. The lowest BCUT2D eigenvalue weighted by atomic mass is 10.1. The van der Waals surface area contributed by atoms with Crippen LogP contribution in [0.3, 0.4) is 0 Å². The number of ether oxygens (including phenoxy) is 2. The second-order valence-electron chi connectivity index (χ2n) is 9.75. The van der Waals surface area contributed by atoms with Gasteiger partial charge in [-0.05, 0) is 61.2 Å². The number of unbranched alkanes of at least 4 members (excludes halogenated alkanes) is 1. The number of rotatable bonds is 16. The minimum Gasteiger partial charge on any atom is -0.497 e. The average molecular weight is 596 g/mol. The number of nitrogens with zero attached hydrogens (tertiary/aromatic N) is 2. The molecule has 0 saturated heterocycles. The van der Waals surface area contributed by atoms with Gasteiger partial charge in [-0.25, -0.2) is 8.42 Å². The zero-order valence-electron chi connectivity index (χ0n) is 24.8. The summed E-state index contributed by atoms with van der Waals surface area (Å²) >= 11 is 0. The maximum Gasteiger partial charge on any atom is 0.264 e. The van der Waals surface area contributed by atoms with E-state index in [2.05, 4.69) is 5.32 Å². The van der Waals surface area contributed by atoms with E-state index in [1.54, 1.807) is 36.4 Å². The molecule has 3 aromatic rings. The summed E-state index contributed by atoms with van der Waals surface area (Å²) in [4.78, 5) is 28.9. The number of para-hydroxylation sites is 2. The van der Waals surface area contributed by atoms with Crippen LogP contribution in [0.15, 0.2) is 83.8 Å². The van der Waals surface area contributed by atoms with E-state index in [9.17, 15) is 18.0 Å². The Labute approximate surface area is 249 Å². The van der Waals surface area contributed by atoms with E-state index in [0.717, 1.165) is 22.7 Å². The van der Waals surface area contributed by atoms with Gasteiger partial charge in [0.2, 0.25) is 11.8 Å². The largest absolute Gasteiger partial charge is 0.497 e. The van der Waals surface area contributed by atoms with Crippen LogP contribution in [0.4, 0.5) is 5.69 Å². The van der Waals surface area contributed by atoms with Crippen LogP contribution in [0.25, 0.3) is 0 Å². The van der Waals surface area contributed by atoms with Crippen LogP contribution in [0.2, 0.25) is 0 Å². The maximum absolute atomic E-state index is 14.1. The van der Waals surface area contributed by atoms with Crippen molar-refractivity contribution < 1.29 is 27.5 Å². The first-order chi connectivity index (χ1) is 20.3. The van der Waals surface area contributed by atoms with E-state index >= 15 is 0 Å². The highest BCUT2D eigenvalue weighted by Gasteiger charge is 2.34. The van der Waals surface area contributed by atoms with Crippen molar-refractivity contribution in [2.75, 3.05) is 38.2 Å². The van der Waals surface area contributed by atoms with Crippen molar-refractivity contribution in [2.45, 2.75) is 50.5 Å². The molecule has 0 aromatic heterocycles. The summed E-state index contributed by atoms with van der Waals surface area (Å²) in [5.74, 6) is 0.0454. The highest BCUT2D eigenvalue weighted by molar-refractivity contribution is 7.92. The van der Waals surface area contributed by atoms with Crippen molar-refractivity contribution >= 4 is 27.5 Å². The van der Waals surface area contributed by atoms with Crippen LogP contribution in [0.1, 0.15) is 38.7 Å². The molecule has 226 valence electrons. The summed E-state index contributed by atoms with van der Waals surface area (Å²) in [5, 5.41) is 2.94. The van der Waals surface area contributed by atoms with Crippen LogP contribution in [-0.2, 0) is 26.0 Å². The second kappa shape index (κ2) is 15.8. The number of amides is 2. The number of carbonyl (C=O) groups is 2. The average Bonchev–Trinajstić information content (AvgIpc) is 3.02. The zero-order valence-corrected chi connectivity index (χ0v) is 25.6. The molecule has 10 heteroatoms. The first kappa shape index (κ1) is 32.5. The van der Waals surface area contributed by atoms with E-state index < -0.39 is 28.5 Å². The summed E-state index contributed by atoms with van der Waals surface area (Å²) in [6.45, 7) is 4.10. The first-order valence-corrected chi connectivity index (χ1v) is 15.6. The predicted octanol–water partition coefficient (Wildman–Crippen LogP) is 4.67. The van der Waals surface area contributed by atoms with E-state index in [-0.39, 0.29) is 23.0 Å².